The van der Waals surface area contributed by atoms with E-state index in [0.717, 1.165) is 5.75 Å². The fourth-order valence-electron chi connectivity index (χ4n) is 1.35. The van der Waals surface area contributed by atoms with Crippen LogP contribution in [0.4, 0.5) is 8.78 Å². The van der Waals surface area contributed by atoms with Crippen LogP contribution in [0.3, 0.4) is 0 Å². The molecule has 0 fully saturated rings. The molecule has 0 aliphatic carbocycles. The van der Waals surface area contributed by atoms with Crippen LogP contribution in [0, 0.1) is 18.6 Å². The lowest BCUT2D eigenvalue weighted by Gasteiger charge is -2.14. The minimum Gasteiger partial charge on any atom is -0.323 e. The van der Waals surface area contributed by atoms with Gasteiger partial charge in [-0.3, -0.25) is 0 Å². The second kappa shape index (κ2) is 5.47. The number of rotatable bonds is 4. The number of aryl methyl sites for hydroxylation is 1. The van der Waals surface area contributed by atoms with Crippen LogP contribution in [0.5, 0.6) is 0 Å². The molecule has 1 aromatic carbocycles. The molecule has 1 atom stereocenters. The minimum absolute atomic E-state index is 0.0101. The number of nitrogens with two attached hydrogens (primary N) is 1. The summed E-state index contributed by atoms with van der Waals surface area (Å²) >= 11 is 1.58. The van der Waals surface area contributed by atoms with Crippen molar-refractivity contribution in [2.75, 3.05) is 11.5 Å². The molecule has 0 spiro atoms. The average molecular weight is 231 g/mol. The maximum atomic E-state index is 13.6. The van der Waals surface area contributed by atoms with Gasteiger partial charge in [-0.2, -0.15) is 11.8 Å². The molecule has 15 heavy (non-hydrogen) atoms. The summed E-state index contributed by atoms with van der Waals surface area (Å²) in [5.74, 6) is 0.359. The Morgan fingerprint density at radius 2 is 2.07 bits per heavy atom. The van der Waals surface area contributed by atoms with Gasteiger partial charge in [0.2, 0.25) is 0 Å². The summed E-state index contributed by atoms with van der Waals surface area (Å²) in [6, 6.07) is 2.12. The van der Waals surface area contributed by atoms with Crippen molar-refractivity contribution in [2.24, 2.45) is 5.73 Å². The number of benzene rings is 1. The molecular weight excluding hydrogens is 216 g/mol. The Kier molecular flexibility index (Phi) is 4.54. The first kappa shape index (κ1) is 12.5. The predicted molar refractivity (Wildman–Crippen MR) is 61.0 cm³/mol. The normalized spacial score (nSPS) is 12.9. The average Bonchev–Trinajstić information content (AvgIpc) is 2.21. The molecule has 0 aliphatic rings. The van der Waals surface area contributed by atoms with Crippen molar-refractivity contribution in [3.05, 3.63) is 34.9 Å². The molecule has 1 aromatic rings. The number of hydrogen-bond acceptors (Lipinski definition) is 2. The molecule has 1 unspecified atom stereocenters. The predicted octanol–water partition coefficient (Wildman–Crippen LogP) is 3.03. The molecule has 1 rings (SSSR count). The van der Waals surface area contributed by atoms with Gasteiger partial charge in [-0.1, -0.05) is 13.0 Å². The van der Waals surface area contributed by atoms with Gasteiger partial charge in [0.1, 0.15) is 11.6 Å². The van der Waals surface area contributed by atoms with Crippen LogP contribution >= 0.6 is 11.8 Å². The second-order valence-electron chi connectivity index (χ2n) is 3.36. The van der Waals surface area contributed by atoms with Crippen LogP contribution in [0.1, 0.15) is 24.1 Å². The van der Waals surface area contributed by atoms with E-state index in [0.29, 0.717) is 11.3 Å². The van der Waals surface area contributed by atoms with E-state index in [1.54, 1.807) is 18.7 Å². The van der Waals surface area contributed by atoms with Crippen molar-refractivity contribution < 1.29 is 8.78 Å². The van der Waals surface area contributed by atoms with Crippen LogP contribution < -0.4 is 5.73 Å². The molecule has 0 amide bonds. The number of halogens is 2. The van der Waals surface area contributed by atoms with E-state index < -0.39 is 17.7 Å². The first-order valence-electron chi connectivity index (χ1n) is 4.85. The zero-order valence-corrected chi connectivity index (χ0v) is 9.70. The standard InChI is InChI=1S/C11H15F2NS/c1-3-15-6-9(14)10-8(12)5-4-7(2)11(10)13/h4-5,9H,3,6,14H2,1-2H3. The first-order chi connectivity index (χ1) is 7.07. The molecular formula is C11H15F2NS. The van der Waals surface area contributed by atoms with Crippen LogP contribution in [0.25, 0.3) is 0 Å². The summed E-state index contributed by atoms with van der Waals surface area (Å²) in [5.41, 5.74) is 6.19. The highest BCUT2D eigenvalue weighted by molar-refractivity contribution is 7.99. The fourth-order valence-corrected chi connectivity index (χ4v) is 2.00. The summed E-state index contributed by atoms with van der Waals surface area (Å²) in [6.07, 6.45) is 0. The largest absolute Gasteiger partial charge is 0.323 e. The lowest BCUT2D eigenvalue weighted by atomic mass is 10.0. The van der Waals surface area contributed by atoms with Crippen LogP contribution in [-0.2, 0) is 0 Å². The van der Waals surface area contributed by atoms with E-state index in [-0.39, 0.29) is 5.56 Å². The van der Waals surface area contributed by atoms with Crippen molar-refractivity contribution in [3.63, 3.8) is 0 Å². The Morgan fingerprint density at radius 3 is 2.67 bits per heavy atom. The Bertz CT molecular complexity index is 342. The number of hydrogen-bond donors (Lipinski definition) is 1. The summed E-state index contributed by atoms with van der Waals surface area (Å²) in [5, 5.41) is 0. The second-order valence-corrected chi connectivity index (χ2v) is 4.68. The highest BCUT2D eigenvalue weighted by atomic mass is 32.2. The smallest absolute Gasteiger partial charge is 0.133 e. The van der Waals surface area contributed by atoms with E-state index >= 15 is 0 Å². The van der Waals surface area contributed by atoms with Crippen molar-refractivity contribution in [1.82, 2.24) is 0 Å². The third-order valence-electron chi connectivity index (χ3n) is 2.19. The topological polar surface area (TPSA) is 26.0 Å². The Hall–Kier alpha value is -0.610. The van der Waals surface area contributed by atoms with E-state index in [1.807, 2.05) is 6.92 Å². The molecule has 0 bridgehead atoms. The zero-order valence-electron chi connectivity index (χ0n) is 8.89. The maximum Gasteiger partial charge on any atom is 0.133 e. The molecule has 4 heteroatoms. The number of thioether (sulfide) groups is 1. The van der Waals surface area contributed by atoms with Crippen LogP contribution in [-0.4, -0.2) is 11.5 Å². The molecule has 0 heterocycles. The fraction of sp³-hybridized carbons (Fsp3) is 0.455. The summed E-state index contributed by atoms with van der Waals surface area (Å²) in [6.45, 7) is 3.60. The van der Waals surface area contributed by atoms with E-state index in [2.05, 4.69) is 0 Å². The monoisotopic (exact) mass is 231 g/mol. The molecule has 84 valence electrons. The van der Waals surface area contributed by atoms with E-state index in [9.17, 15) is 8.78 Å². The van der Waals surface area contributed by atoms with Gasteiger partial charge in [0, 0.05) is 17.4 Å². The lowest BCUT2D eigenvalue weighted by molar-refractivity contribution is 0.533. The Labute approximate surface area is 93.1 Å². The molecule has 0 saturated carbocycles. The Balaban J connectivity index is 2.96. The molecule has 2 N–H and O–H groups in total. The zero-order chi connectivity index (χ0) is 11.4. The van der Waals surface area contributed by atoms with Crippen molar-refractivity contribution >= 4 is 11.8 Å². The Morgan fingerprint density at radius 1 is 1.40 bits per heavy atom. The van der Waals surface area contributed by atoms with Gasteiger partial charge in [-0.25, -0.2) is 8.78 Å². The van der Waals surface area contributed by atoms with Gasteiger partial charge in [-0.15, -0.1) is 0 Å². The van der Waals surface area contributed by atoms with Crippen molar-refractivity contribution in [2.45, 2.75) is 19.9 Å². The highest BCUT2D eigenvalue weighted by Crippen LogP contribution is 2.24. The van der Waals surface area contributed by atoms with E-state index in [1.165, 1.54) is 12.1 Å². The van der Waals surface area contributed by atoms with Crippen molar-refractivity contribution in [3.8, 4) is 0 Å². The van der Waals surface area contributed by atoms with Gasteiger partial charge in [0.15, 0.2) is 0 Å². The van der Waals surface area contributed by atoms with Crippen LogP contribution in [0.2, 0.25) is 0 Å². The van der Waals surface area contributed by atoms with Crippen molar-refractivity contribution in [1.29, 1.82) is 0 Å². The molecule has 0 saturated heterocycles. The third-order valence-corrected chi connectivity index (χ3v) is 3.20. The molecule has 1 nitrogen and oxygen atoms in total. The summed E-state index contributed by atoms with van der Waals surface area (Å²) < 4.78 is 27.0. The third kappa shape index (κ3) is 2.92. The quantitative estimate of drug-likeness (QED) is 0.862. The molecule has 0 aromatic heterocycles. The van der Waals surface area contributed by atoms with Gasteiger partial charge < -0.3 is 5.73 Å². The van der Waals surface area contributed by atoms with E-state index in [4.69, 9.17) is 5.73 Å². The first-order valence-corrected chi connectivity index (χ1v) is 6.01. The summed E-state index contributed by atoms with van der Waals surface area (Å²) in [7, 11) is 0. The maximum absolute atomic E-state index is 13.6. The molecule has 0 aliphatic heterocycles. The van der Waals surface area contributed by atoms with Gasteiger partial charge in [-0.05, 0) is 24.3 Å². The van der Waals surface area contributed by atoms with Crippen LogP contribution in [0.15, 0.2) is 12.1 Å². The molecule has 0 radical (unpaired) electrons. The van der Waals surface area contributed by atoms with Gasteiger partial charge in [0.05, 0.1) is 0 Å². The van der Waals surface area contributed by atoms with Gasteiger partial charge >= 0.3 is 0 Å². The minimum atomic E-state index is -0.574. The SMILES string of the molecule is CCSCC(N)c1c(F)ccc(C)c1F. The summed E-state index contributed by atoms with van der Waals surface area (Å²) in [4.78, 5) is 0. The lowest BCUT2D eigenvalue weighted by Crippen LogP contribution is -2.17. The van der Waals surface area contributed by atoms with Gasteiger partial charge in [0.25, 0.3) is 0 Å². The highest BCUT2D eigenvalue weighted by Gasteiger charge is 2.17.